The summed E-state index contributed by atoms with van der Waals surface area (Å²) in [5.41, 5.74) is 4.84. The Bertz CT molecular complexity index is 1020. The number of rotatable bonds is 14. The van der Waals surface area contributed by atoms with E-state index in [4.69, 9.17) is 9.47 Å². The van der Waals surface area contributed by atoms with E-state index in [-0.39, 0.29) is 5.97 Å². The quantitative estimate of drug-likeness (QED) is 0.173. The summed E-state index contributed by atoms with van der Waals surface area (Å²) in [6.07, 6.45) is 8.53. The van der Waals surface area contributed by atoms with Crippen molar-refractivity contribution in [3.8, 4) is 28.0 Å². The number of benzene rings is 3. The van der Waals surface area contributed by atoms with Crippen molar-refractivity contribution >= 4 is 5.97 Å². The largest absolute Gasteiger partial charge is 0.494 e. The maximum absolute atomic E-state index is 12.7. The molecule has 0 fully saturated rings. The number of ether oxygens (including phenoxy) is 2. The van der Waals surface area contributed by atoms with Gasteiger partial charge in [0, 0.05) is 0 Å². The molecule has 0 N–H and O–H groups in total. The maximum Gasteiger partial charge on any atom is 0.338 e. The van der Waals surface area contributed by atoms with Gasteiger partial charge in [0.15, 0.2) is 0 Å². The molecule has 1 unspecified atom stereocenters. The molecule has 0 bridgehead atoms. The summed E-state index contributed by atoms with van der Waals surface area (Å²) in [7, 11) is 0. The van der Waals surface area contributed by atoms with Crippen molar-refractivity contribution in [2.45, 2.75) is 65.7 Å². The second-order valence-corrected chi connectivity index (χ2v) is 9.38. The molecule has 35 heavy (non-hydrogen) atoms. The van der Waals surface area contributed by atoms with Crippen LogP contribution in [0.25, 0.3) is 22.3 Å². The van der Waals surface area contributed by atoms with E-state index in [1.807, 2.05) is 48.5 Å². The molecule has 3 heteroatoms. The summed E-state index contributed by atoms with van der Waals surface area (Å²) in [5, 5.41) is 0. The van der Waals surface area contributed by atoms with Gasteiger partial charge in [0.1, 0.15) is 5.75 Å². The number of esters is 1. The SMILES string of the molecule is CCCCCCCCOc1ccc(-c2ccc(C(=O)OCC(C)CC)cc2-c2ccccc2)cc1. The van der Waals surface area contributed by atoms with Gasteiger partial charge in [0.05, 0.1) is 18.8 Å². The first-order valence-electron chi connectivity index (χ1n) is 13.2. The van der Waals surface area contributed by atoms with E-state index in [9.17, 15) is 4.79 Å². The fraction of sp³-hybridized carbons (Fsp3) is 0.406. The van der Waals surface area contributed by atoms with Crippen LogP contribution in [0.15, 0.2) is 72.8 Å². The van der Waals surface area contributed by atoms with Crippen molar-refractivity contribution in [2.75, 3.05) is 13.2 Å². The standard InChI is InChI=1S/C32H40O3/c1-4-6-7-8-9-13-22-34-29-19-16-27(17-20-29)30-21-18-28(32(33)35-24-25(3)5-2)23-31(30)26-14-11-10-12-15-26/h10-12,14-21,23,25H,4-9,13,22,24H2,1-3H3. The molecule has 0 aromatic heterocycles. The minimum absolute atomic E-state index is 0.271. The Labute approximate surface area is 211 Å². The van der Waals surface area contributed by atoms with Gasteiger partial charge in [-0.1, -0.05) is 108 Å². The van der Waals surface area contributed by atoms with Gasteiger partial charge in [-0.15, -0.1) is 0 Å². The monoisotopic (exact) mass is 472 g/mol. The van der Waals surface area contributed by atoms with Crippen LogP contribution in [0.3, 0.4) is 0 Å². The van der Waals surface area contributed by atoms with Crippen LogP contribution in [0, 0.1) is 5.92 Å². The van der Waals surface area contributed by atoms with Crippen LogP contribution in [0.5, 0.6) is 5.75 Å². The molecule has 3 aromatic carbocycles. The van der Waals surface area contributed by atoms with E-state index in [0.717, 1.165) is 47.5 Å². The van der Waals surface area contributed by atoms with Gasteiger partial charge in [-0.2, -0.15) is 0 Å². The van der Waals surface area contributed by atoms with Gasteiger partial charge in [-0.25, -0.2) is 4.79 Å². The van der Waals surface area contributed by atoms with Crippen molar-refractivity contribution in [3.63, 3.8) is 0 Å². The highest BCUT2D eigenvalue weighted by Gasteiger charge is 2.14. The Morgan fingerprint density at radius 1 is 0.771 bits per heavy atom. The smallest absolute Gasteiger partial charge is 0.338 e. The van der Waals surface area contributed by atoms with Crippen LogP contribution in [0.1, 0.15) is 76.1 Å². The van der Waals surface area contributed by atoms with Crippen LogP contribution < -0.4 is 4.74 Å². The van der Waals surface area contributed by atoms with Gasteiger partial charge >= 0.3 is 5.97 Å². The molecule has 0 radical (unpaired) electrons. The fourth-order valence-corrected chi connectivity index (χ4v) is 4.00. The first kappa shape index (κ1) is 26.5. The molecule has 0 aliphatic rings. The van der Waals surface area contributed by atoms with Gasteiger partial charge in [0.2, 0.25) is 0 Å². The van der Waals surface area contributed by atoms with Crippen molar-refractivity contribution < 1.29 is 14.3 Å². The number of carbonyl (C=O) groups is 1. The zero-order valence-electron chi connectivity index (χ0n) is 21.6. The van der Waals surface area contributed by atoms with Gasteiger partial charge in [-0.3, -0.25) is 0 Å². The van der Waals surface area contributed by atoms with Gasteiger partial charge in [0.25, 0.3) is 0 Å². The van der Waals surface area contributed by atoms with Crippen LogP contribution in [-0.4, -0.2) is 19.2 Å². The van der Waals surface area contributed by atoms with Crippen LogP contribution in [0.4, 0.5) is 0 Å². The third-order valence-corrected chi connectivity index (χ3v) is 6.47. The summed E-state index contributed by atoms with van der Waals surface area (Å²) < 4.78 is 11.5. The van der Waals surface area contributed by atoms with E-state index >= 15 is 0 Å². The maximum atomic E-state index is 12.7. The third kappa shape index (κ3) is 8.28. The molecule has 1 atom stereocenters. The van der Waals surface area contributed by atoms with Crippen LogP contribution in [-0.2, 0) is 4.74 Å². The Morgan fingerprint density at radius 3 is 2.17 bits per heavy atom. The molecular formula is C32H40O3. The Kier molecular flexibility index (Phi) is 10.9. The first-order chi connectivity index (χ1) is 17.1. The zero-order valence-corrected chi connectivity index (χ0v) is 21.6. The van der Waals surface area contributed by atoms with Crippen LogP contribution in [0.2, 0.25) is 0 Å². The molecule has 3 aromatic rings. The summed E-state index contributed by atoms with van der Waals surface area (Å²) >= 11 is 0. The summed E-state index contributed by atoms with van der Waals surface area (Å²) in [6.45, 7) is 7.64. The van der Waals surface area contributed by atoms with Gasteiger partial charge < -0.3 is 9.47 Å². The van der Waals surface area contributed by atoms with Crippen molar-refractivity contribution in [2.24, 2.45) is 5.92 Å². The van der Waals surface area contributed by atoms with Crippen molar-refractivity contribution in [1.82, 2.24) is 0 Å². The zero-order chi connectivity index (χ0) is 24.9. The lowest BCUT2D eigenvalue weighted by molar-refractivity contribution is 0.0447. The third-order valence-electron chi connectivity index (χ3n) is 6.47. The average molecular weight is 473 g/mol. The predicted octanol–water partition coefficient (Wildman–Crippen LogP) is 8.96. The highest BCUT2D eigenvalue weighted by atomic mass is 16.5. The first-order valence-corrected chi connectivity index (χ1v) is 13.2. The normalized spacial score (nSPS) is 11.7. The van der Waals surface area contributed by atoms with E-state index in [0.29, 0.717) is 18.1 Å². The molecule has 0 aliphatic carbocycles. The summed E-state index contributed by atoms with van der Waals surface area (Å²) in [5.74, 6) is 0.981. The van der Waals surface area contributed by atoms with E-state index in [1.54, 1.807) is 0 Å². The Morgan fingerprint density at radius 2 is 1.46 bits per heavy atom. The number of carbonyl (C=O) groups excluding carboxylic acids is 1. The molecule has 0 aliphatic heterocycles. The van der Waals surface area contributed by atoms with Crippen LogP contribution >= 0.6 is 0 Å². The topological polar surface area (TPSA) is 35.5 Å². The van der Waals surface area contributed by atoms with E-state index in [1.165, 1.54) is 32.1 Å². The molecule has 3 nitrogen and oxygen atoms in total. The number of hydrogen-bond donors (Lipinski definition) is 0. The van der Waals surface area contributed by atoms with Crippen molar-refractivity contribution in [1.29, 1.82) is 0 Å². The molecular weight excluding hydrogens is 432 g/mol. The summed E-state index contributed by atoms with van der Waals surface area (Å²) in [4.78, 5) is 12.7. The second-order valence-electron chi connectivity index (χ2n) is 9.38. The highest BCUT2D eigenvalue weighted by molar-refractivity contribution is 5.94. The molecule has 0 saturated carbocycles. The molecule has 0 amide bonds. The molecule has 0 spiro atoms. The summed E-state index contributed by atoms with van der Waals surface area (Å²) in [6, 6.07) is 24.3. The molecule has 186 valence electrons. The lowest BCUT2D eigenvalue weighted by atomic mass is 9.93. The lowest BCUT2D eigenvalue weighted by Crippen LogP contribution is -2.11. The second kappa shape index (κ2) is 14.4. The number of hydrogen-bond acceptors (Lipinski definition) is 3. The average Bonchev–Trinajstić information content (AvgIpc) is 2.91. The van der Waals surface area contributed by atoms with E-state index in [2.05, 4.69) is 45.0 Å². The van der Waals surface area contributed by atoms with Gasteiger partial charge in [-0.05, 0) is 58.9 Å². The minimum atomic E-state index is -0.271. The predicted molar refractivity (Wildman–Crippen MR) is 146 cm³/mol. The Balaban J connectivity index is 1.72. The molecule has 0 heterocycles. The lowest BCUT2D eigenvalue weighted by Gasteiger charge is -2.14. The van der Waals surface area contributed by atoms with Crippen molar-refractivity contribution in [3.05, 3.63) is 78.4 Å². The Hall–Kier alpha value is -3.07. The highest BCUT2D eigenvalue weighted by Crippen LogP contribution is 2.34. The number of unbranched alkanes of at least 4 members (excludes halogenated alkanes) is 5. The molecule has 0 saturated heterocycles. The minimum Gasteiger partial charge on any atom is -0.494 e. The fourth-order valence-electron chi connectivity index (χ4n) is 4.00. The molecule has 3 rings (SSSR count). The van der Waals surface area contributed by atoms with E-state index < -0.39 is 0 Å².